The maximum absolute atomic E-state index is 12.4. The molecular formula is C14H25N3O2. The van der Waals surface area contributed by atoms with Gasteiger partial charge in [0.25, 0.3) is 0 Å². The highest BCUT2D eigenvalue weighted by molar-refractivity contribution is 6.07. The molecule has 5 heteroatoms. The third-order valence-corrected chi connectivity index (χ3v) is 5.17. The zero-order valence-electron chi connectivity index (χ0n) is 11.9. The molecule has 0 bridgehead atoms. The normalized spacial score (nSPS) is 34.4. The molecule has 4 N–H and O–H groups in total. The van der Waals surface area contributed by atoms with Crippen molar-refractivity contribution in [2.45, 2.75) is 58.4 Å². The highest BCUT2D eigenvalue weighted by Gasteiger charge is 2.49. The van der Waals surface area contributed by atoms with Crippen LogP contribution in [-0.2, 0) is 4.79 Å². The van der Waals surface area contributed by atoms with Crippen LogP contribution in [0.1, 0.15) is 52.4 Å². The van der Waals surface area contributed by atoms with Gasteiger partial charge in [0.05, 0.1) is 0 Å². The SMILES string of the molecule is CC1CCC(NC(=O)C2(C(N)=NO)CCC2)CC1C. The molecule has 0 aromatic carbocycles. The highest BCUT2D eigenvalue weighted by Crippen LogP contribution is 2.42. The first-order chi connectivity index (χ1) is 8.99. The van der Waals surface area contributed by atoms with E-state index in [0.717, 1.165) is 31.6 Å². The molecule has 3 atom stereocenters. The van der Waals surface area contributed by atoms with Crippen LogP contribution in [0, 0.1) is 17.3 Å². The van der Waals surface area contributed by atoms with E-state index < -0.39 is 5.41 Å². The van der Waals surface area contributed by atoms with Gasteiger partial charge in [-0.1, -0.05) is 25.4 Å². The third kappa shape index (κ3) is 2.55. The summed E-state index contributed by atoms with van der Waals surface area (Å²) in [5.74, 6) is 1.38. The summed E-state index contributed by atoms with van der Waals surface area (Å²) in [7, 11) is 0. The average Bonchev–Trinajstić information content (AvgIpc) is 2.32. The zero-order chi connectivity index (χ0) is 14.0. The Morgan fingerprint density at radius 2 is 2.00 bits per heavy atom. The Hall–Kier alpha value is -1.26. The van der Waals surface area contributed by atoms with E-state index in [4.69, 9.17) is 10.9 Å². The summed E-state index contributed by atoms with van der Waals surface area (Å²) in [5, 5.41) is 15.0. The van der Waals surface area contributed by atoms with Gasteiger partial charge in [-0.15, -0.1) is 0 Å². The Morgan fingerprint density at radius 3 is 2.47 bits per heavy atom. The van der Waals surface area contributed by atoms with Crippen LogP contribution in [0.4, 0.5) is 0 Å². The van der Waals surface area contributed by atoms with Crippen molar-refractivity contribution >= 4 is 11.7 Å². The second-order valence-electron chi connectivity index (χ2n) is 6.36. The van der Waals surface area contributed by atoms with Crippen LogP contribution in [0.15, 0.2) is 5.16 Å². The van der Waals surface area contributed by atoms with E-state index in [0.29, 0.717) is 18.8 Å². The molecule has 19 heavy (non-hydrogen) atoms. The lowest BCUT2D eigenvalue weighted by atomic mass is 9.66. The van der Waals surface area contributed by atoms with E-state index in [-0.39, 0.29) is 17.8 Å². The number of amides is 1. The zero-order valence-corrected chi connectivity index (χ0v) is 11.9. The molecule has 2 rings (SSSR count). The Bertz CT molecular complexity index is 377. The van der Waals surface area contributed by atoms with E-state index in [1.165, 1.54) is 0 Å². The van der Waals surface area contributed by atoms with E-state index in [1.807, 2.05) is 0 Å². The van der Waals surface area contributed by atoms with Crippen LogP contribution in [-0.4, -0.2) is 23.0 Å². The molecule has 0 aliphatic heterocycles. The van der Waals surface area contributed by atoms with Crippen LogP contribution in [0.5, 0.6) is 0 Å². The molecule has 5 nitrogen and oxygen atoms in total. The predicted octanol–water partition coefficient (Wildman–Crippen LogP) is 1.84. The van der Waals surface area contributed by atoms with Crippen molar-refractivity contribution < 1.29 is 10.0 Å². The maximum atomic E-state index is 12.4. The van der Waals surface area contributed by atoms with Crippen LogP contribution in [0.3, 0.4) is 0 Å². The van der Waals surface area contributed by atoms with Crippen LogP contribution in [0.2, 0.25) is 0 Å². The van der Waals surface area contributed by atoms with Crippen molar-refractivity contribution in [1.82, 2.24) is 5.32 Å². The molecule has 0 saturated heterocycles. The van der Waals surface area contributed by atoms with Crippen molar-refractivity contribution in [3.8, 4) is 0 Å². The lowest BCUT2D eigenvalue weighted by Gasteiger charge is -2.41. The van der Waals surface area contributed by atoms with Gasteiger partial charge in [0.15, 0.2) is 5.84 Å². The number of carbonyl (C=O) groups excluding carboxylic acids is 1. The largest absolute Gasteiger partial charge is 0.409 e. The Morgan fingerprint density at radius 1 is 1.32 bits per heavy atom. The molecule has 0 heterocycles. The first-order valence-electron chi connectivity index (χ1n) is 7.28. The summed E-state index contributed by atoms with van der Waals surface area (Å²) in [6.45, 7) is 4.51. The van der Waals surface area contributed by atoms with E-state index in [1.54, 1.807) is 0 Å². The minimum Gasteiger partial charge on any atom is -0.409 e. The van der Waals surface area contributed by atoms with Gasteiger partial charge < -0.3 is 16.3 Å². The fraction of sp³-hybridized carbons (Fsp3) is 0.857. The molecule has 3 unspecified atom stereocenters. The summed E-state index contributed by atoms with van der Waals surface area (Å²) in [6, 6.07) is 0.239. The molecule has 0 aromatic rings. The molecule has 2 aliphatic rings. The molecule has 2 aliphatic carbocycles. The lowest BCUT2D eigenvalue weighted by Crippen LogP contribution is -2.56. The van der Waals surface area contributed by atoms with Gasteiger partial charge in [0.1, 0.15) is 5.41 Å². The lowest BCUT2D eigenvalue weighted by molar-refractivity contribution is -0.132. The van der Waals surface area contributed by atoms with Crippen LogP contribution >= 0.6 is 0 Å². The fourth-order valence-electron chi connectivity index (χ4n) is 3.23. The van der Waals surface area contributed by atoms with Gasteiger partial charge in [0.2, 0.25) is 5.91 Å². The monoisotopic (exact) mass is 267 g/mol. The number of nitrogens with one attached hydrogen (secondary N) is 1. The quantitative estimate of drug-likeness (QED) is 0.315. The maximum Gasteiger partial charge on any atom is 0.234 e. The van der Waals surface area contributed by atoms with E-state index in [2.05, 4.69) is 24.3 Å². The Balaban J connectivity index is 1.97. The number of hydrogen-bond donors (Lipinski definition) is 3. The minimum atomic E-state index is -0.749. The van der Waals surface area contributed by atoms with E-state index in [9.17, 15) is 4.79 Å². The molecule has 1 amide bonds. The first-order valence-corrected chi connectivity index (χ1v) is 7.28. The van der Waals surface area contributed by atoms with Crippen molar-refractivity contribution in [1.29, 1.82) is 0 Å². The number of nitrogens with zero attached hydrogens (tertiary/aromatic N) is 1. The van der Waals surface area contributed by atoms with E-state index >= 15 is 0 Å². The summed E-state index contributed by atoms with van der Waals surface area (Å²) < 4.78 is 0. The number of nitrogens with two attached hydrogens (primary N) is 1. The van der Waals surface area contributed by atoms with Gasteiger partial charge in [-0.2, -0.15) is 0 Å². The summed E-state index contributed by atoms with van der Waals surface area (Å²) in [5.41, 5.74) is 4.96. The number of hydrogen-bond acceptors (Lipinski definition) is 3. The molecule has 0 aromatic heterocycles. The fourth-order valence-corrected chi connectivity index (χ4v) is 3.23. The molecule has 2 saturated carbocycles. The number of rotatable bonds is 3. The second kappa shape index (κ2) is 5.39. The average molecular weight is 267 g/mol. The van der Waals surface area contributed by atoms with Gasteiger partial charge >= 0.3 is 0 Å². The van der Waals surface area contributed by atoms with Gasteiger partial charge in [-0.05, 0) is 43.9 Å². The standard InChI is InChI=1S/C14H25N3O2/c1-9-4-5-11(8-10(9)2)16-13(18)14(6-3-7-14)12(15)17-19/h9-11,19H,3-8H2,1-2H3,(H2,15,17)(H,16,18). The highest BCUT2D eigenvalue weighted by atomic mass is 16.4. The number of amidine groups is 1. The summed E-state index contributed by atoms with van der Waals surface area (Å²) in [6.07, 6.45) is 5.55. The molecule has 2 fully saturated rings. The van der Waals surface area contributed by atoms with Crippen molar-refractivity contribution in [2.24, 2.45) is 28.1 Å². The first kappa shape index (κ1) is 14.2. The second-order valence-corrected chi connectivity index (χ2v) is 6.36. The van der Waals surface area contributed by atoms with Crippen molar-refractivity contribution in [2.75, 3.05) is 0 Å². The molecular weight excluding hydrogens is 242 g/mol. The molecule has 0 spiro atoms. The van der Waals surface area contributed by atoms with Gasteiger partial charge in [0, 0.05) is 6.04 Å². The topological polar surface area (TPSA) is 87.7 Å². The molecule has 0 radical (unpaired) electrons. The smallest absolute Gasteiger partial charge is 0.234 e. The summed E-state index contributed by atoms with van der Waals surface area (Å²) in [4.78, 5) is 12.4. The minimum absolute atomic E-state index is 0.0548. The van der Waals surface area contributed by atoms with Crippen LogP contribution < -0.4 is 11.1 Å². The van der Waals surface area contributed by atoms with Crippen molar-refractivity contribution in [3.05, 3.63) is 0 Å². The van der Waals surface area contributed by atoms with Gasteiger partial charge in [-0.3, -0.25) is 4.79 Å². The predicted molar refractivity (Wildman–Crippen MR) is 73.8 cm³/mol. The van der Waals surface area contributed by atoms with Gasteiger partial charge in [-0.25, -0.2) is 0 Å². The molecule has 108 valence electrons. The Labute approximate surface area is 114 Å². The summed E-state index contributed by atoms with van der Waals surface area (Å²) >= 11 is 0. The third-order valence-electron chi connectivity index (χ3n) is 5.17. The number of oxime groups is 1. The van der Waals surface area contributed by atoms with Crippen LogP contribution in [0.25, 0.3) is 0 Å². The van der Waals surface area contributed by atoms with Crippen molar-refractivity contribution in [3.63, 3.8) is 0 Å². The number of carbonyl (C=O) groups is 1. The Kier molecular flexibility index (Phi) is 4.02.